The van der Waals surface area contributed by atoms with Gasteiger partial charge in [0.15, 0.2) is 0 Å². The third-order valence-corrected chi connectivity index (χ3v) is 5.40. The molecule has 3 heterocycles. The number of nitriles is 1. The molecule has 4 rings (SSSR count). The van der Waals surface area contributed by atoms with Gasteiger partial charge in [-0.25, -0.2) is 8.78 Å². The summed E-state index contributed by atoms with van der Waals surface area (Å²) in [7, 11) is 0. The Morgan fingerprint density at radius 2 is 2.18 bits per heavy atom. The Morgan fingerprint density at radius 3 is 3.00 bits per heavy atom. The number of anilines is 1. The molecule has 2 fully saturated rings. The van der Waals surface area contributed by atoms with Gasteiger partial charge in [0.25, 0.3) is 5.92 Å². The predicted molar refractivity (Wildman–Crippen MR) is 101 cm³/mol. The zero-order valence-electron chi connectivity index (χ0n) is 15.3. The number of fused-ring (bicyclic) bond motifs is 1. The van der Waals surface area contributed by atoms with E-state index in [2.05, 4.69) is 10.3 Å². The first-order valence-corrected chi connectivity index (χ1v) is 9.34. The lowest BCUT2D eigenvalue weighted by Crippen LogP contribution is -2.43. The Hall–Kier alpha value is -2.79. The molecule has 146 valence electrons. The van der Waals surface area contributed by atoms with Crippen molar-refractivity contribution >= 4 is 22.4 Å². The second-order valence-corrected chi connectivity index (χ2v) is 7.50. The van der Waals surface area contributed by atoms with Crippen LogP contribution in [0.5, 0.6) is 0 Å². The zero-order valence-corrected chi connectivity index (χ0v) is 15.3. The van der Waals surface area contributed by atoms with Gasteiger partial charge in [-0.1, -0.05) is 24.3 Å². The highest BCUT2D eigenvalue weighted by atomic mass is 19.3. The van der Waals surface area contributed by atoms with E-state index in [4.69, 9.17) is 5.26 Å². The van der Waals surface area contributed by atoms with Crippen LogP contribution in [-0.4, -0.2) is 64.9 Å². The van der Waals surface area contributed by atoms with Crippen molar-refractivity contribution in [1.29, 1.82) is 5.26 Å². The number of benzene rings is 1. The van der Waals surface area contributed by atoms with Crippen LogP contribution in [0.2, 0.25) is 0 Å². The standard InChI is InChI=1S/C20H21F2N5O/c21-20(22)7-16(8-23)27(13-20)19(28)12-26-6-5-15(11-26)25-18-10-24-9-14-3-1-2-4-17(14)18/h1-4,9-10,15-16,25H,5-7,11-13H2/t15-,16?/m0/s1. The van der Waals surface area contributed by atoms with Gasteiger partial charge < -0.3 is 10.2 Å². The van der Waals surface area contributed by atoms with Crippen molar-refractivity contribution in [3.63, 3.8) is 0 Å². The minimum atomic E-state index is -2.98. The summed E-state index contributed by atoms with van der Waals surface area (Å²) in [6, 6.07) is 8.91. The number of carbonyl (C=O) groups excluding carboxylic acids is 1. The van der Waals surface area contributed by atoms with E-state index in [0.29, 0.717) is 13.1 Å². The average Bonchev–Trinajstić information content (AvgIpc) is 3.25. The van der Waals surface area contributed by atoms with E-state index in [1.807, 2.05) is 41.4 Å². The minimum absolute atomic E-state index is 0.0558. The van der Waals surface area contributed by atoms with Gasteiger partial charge in [-0.3, -0.25) is 14.7 Å². The first-order valence-electron chi connectivity index (χ1n) is 9.34. The molecule has 0 saturated carbocycles. The largest absolute Gasteiger partial charge is 0.379 e. The number of nitrogens with one attached hydrogen (secondary N) is 1. The Morgan fingerprint density at radius 1 is 1.36 bits per heavy atom. The normalized spacial score (nSPS) is 24.4. The molecule has 0 bridgehead atoms. The van der Waals surface area contributed by atoms with Crippen LogP contribution in [0, 0.1) is 11.3 Å². The molecule has 8 heteroatoms. The third-order valence-electron chi connectivity index (χ3n) is 5.40. The summed E-state index contributed by atoms with van der Waals surface area (Å²) in [6.45, 7) is 0.723. The summed E-state index contributed by atoms with van der Waals surface area (Å²) in [5, 5.41) is 14.7. The van der Waals surface area contributed by atoms with Crippen molar-refractivity contribution in [2.24, 2.45) is 0 Å². The Labute approximate surface area is 161 Å². The maximum absolute atomic E-state index is 13.6. The Balaban J connectivity index is 1.37. The van der Waals surface area contributed by atoms with Crippen molar-refractivity contribution in [2.45, 2.75) is 30.8 Å². The fourth-order valence-corrected chi connectivity index (χ4v) is 4.02. The number of hydrogen-bond acceptors (Lipinski definition) is 5. The lowest BCUT2D eigenvalue weighted by molar-refractivity contribution is -0.133. The zero-order chi connectivity index (χ0) is 19.7. The van der Waals surface area contributed by atoms with Crippen LogP contribution < -0.4 is 5.32 Å². The number of carbonyl (C=O) groups is 1. The van der Waals surface area contributed by atoms with Gasteiger partial charge in [-0.05, 0) is 6.42 Å². The van der Waals surface area contributed by atoms with E-state index in [9.17, 15) is 13.6 Å². The van der Waals surface area contributed by atoms with E-state index in [-0.39, 0.29) is 12.6 Å². The molecule has 2 aliphatic rings. The number of pyridine rings is 1. The van der Waals surface area contributed by atoms with Crippen molar-refractivity contribution in [1.82, 2.24) is 14.8 Å². The molecule has 1 unspecified atom stereocenters. The second kappa shape index (κ2) is 7.32. The molecule has 1 aromatic heterocycles. The van der Waals surface area contributed by atoms with Crippen LogP contribution >= 0.6 is 0 Å². The predicted octanol–water partition coefficient (Wildman–Crippen LogP) is 2.48. The van der Waals surface area contributed by atoms with Gasteiger partial charge in [-0.2, -0.15) is 5.26 Å². The van der Waals surface area contributed by atoms with Crippen molar-refractivity contribution in [3.05, 3.63) is 36.7 Å². The van der Waals surface area contributed by atoms with Crippen LogP contribution in [0.1, 0.15) is 12.8 Å². The molecular weight excluding hydrogens is 364 g/mol. The van der Waals surface area contributed by atoms with Gasteiger partial charge in [0.2, 0.25) is 5.91 Å². The quantitative estimate of drug-likeness (QED) is 0.876. The average molecular weight is 385 g/mol. The molecule has 6 nitrogen and oxygen atoms in total. The SMILES string of the molecule is N#CC1CC(F)(F)CN1C(=O)CN1CC[C@H](Nc2cncc3ccccc23)C1. The maximum Gasteiger partial charge on any atom is 0.268 e. The number of likely N-dealkylation sites (tertiary alicyclic amines) is 2. The van der Waals surface area contributed by atoms with E-state index in [1.165, 1.54) is 0 Å². The topological polar surface area (TPSA) is 72.3 Å². The highest BCUT2D eigenvalue weighted by Crippen LogP contribution is 2.32. The van der Waals surface area contributed by atoms with E-state index in [0.717, 1.165) is 27.8 Å². The number of aromatic nitrogens is 1. The highest BCUT2D eigenvalue weighted by molar-refractivity contribution is 5.92. The Bertz CT molecular complexity index is 923. The number of hydrogen-bond donors (Lipinski definition) is 1. The molecule has 1 aromatic carbocycles. The number of nitrogens with zero attached hydrogens (tertiary/aromatic N) is 4. The third kappa shape index (κ3) is 3.76. The fourth-order valence-electron chi connectivity index (χ4n) is 4.02. The van der Waals surface area contributed by atoms with Crippen LogP contribution in [0.25, 0.3) is 10.8 Å². The Kier molecular flexibility index (Phi) is 4.85. The van der Waals surface area contributed by atoms with Crippen LogP contribution in [0.4, 0.5) is 14.5 Å². The monoisotopic (exact) mass is 385 g/mol. The summed E-state index contributed by atoms with van der Waals surface area (Å²) in [5.41, 5.74) is 0.944. The molecule has 1 N–H and O–H groups in total. The summed E-state index contributed by atoms with van der Waals surface area (Å²) in [5.74, 6) is -3.39. The summed E-state index contributed by atoms with van der Waals surface area (Å²) >= 11 is 0. The first-order chi connectivity index (χ1) is 13.4. The molecule has 1 amide bonds. The summed E-state index contributed by atoms with van der Waals surface area (Å²) < 4.78 is 27.1. The minimum Gasteiger partial charge on any atom is -0.379 e. The van der Waals surface area contributed by atoms with Crippen LogP contribution in [0.15, 0.2) is 36.7 Å². The van der Waals surface area contributed by atoms with Gasteiger partial charge in [-0.15, -0.1) is 0 Å². The molecule has 2 aliphatic heterocycles. The number of amides is 1. The molecule has 0 aliphatic carbocycles. The van der Waals surface area contributed by atoms with Crippen LogP contribution in [0.3, 0.4) is 0 Å². The smallest absolute Gasteiger partial charge is 0.268 e. The van der Waals surface area contributed by atoms with Gasteiger partial charge >= 0.3 is 0 Å². The molecule has 2 atom stereocenters. The first kappa shape index (κ1) is 18.6. The fraction of sp³-hybridized carbons (Fsp3) is 0.450. The van der Waals surface area contributed by atoms with Crippen molar-refractivity contribution in [2.75, 3.05) is 31.5 Å². The lowest BCUT2D eigenvalue weighted by atomic mass is 10.1. The summed E-state index contributed by atoms with van der Waals surface area (Å²) in [6.07, 6.45) is 3.87. The molecule has 2 saturated heterocycles. The maximum atomic E-state index is 13.6. The molecular formula is C20H21F2N5O. The van der Waals surface area contributed by atoms with Gasteiger partial charge in [0, 0.05) is 42.5 Å². The van der Waals surface area contributed by atoms with Gasteiger partial charge in [0.05, 0.1) is 31.0 Å². The number of alkyl halides is 2. The number of rotatable bonds is 4. The van der Waals surface area contributed by atoms with E-state index in [1.54, 1.807) is 6.20 Å². The second-order valence-electron chi connectivity index (χ2n) is 7.50. The van der Waals surface area contributed by atoms with E-state index < -0.39 is 30.8 Å². The molecule has 0 radical (unpaired) electrons. The highest BCUT2D eigenvalue weighted by Gasteiger charge is 2.47. The molecule has 2 aromatic rings. The molecule has 28 heavy (non-hydrogen) atoms. The number of halogens is 2. The molecule has 0 spiro atoms. The summed E-state index contributed by atoms with van der Waals surface area (Å²) in [4.78, 5) is 19.7. The van der Waals surface area contributed by atoms with Crippen molar-refractivity contribution in [3.8, 4) is 6.07 Å². The lowest BCUT2D eigenvalue weighted by Gasteiger charge is -2.23. The van der Waals surface area contributed by atoms with Crippen molar-refractivity contribution < 1.29 is 13.6 Å². The van der Waals surface area contributed by atoms with E-state index >= 15 is 0 Å². The van der Waals surface area contributed by atoms with Crippen LogP contribution in [-0.2, 0) is 4.79 Å². The van der Waals surface area contributed by atoms with Gasteiger partial charge in [0.1, 0.15) is 6.04 Å².